The van der Waals surface area contributed by atoms with E-state index in [9.17, 15) is 9.59 Å². The van der Waals surface area contributed by atoms with Crippen LogP contribution in [0.25, 0.3) is 0 Å². The lowest BCUT2D eigenvalue weighted by Gasteiger charge is -2.23. The Labute approximate surface area is 194 Å². The van der Waals surface area contributed by atoms with Gasteiger partial charge < -0.3 is 30.3 Å². The largest absolute Gasteiger partial charge is 0.465 e. The summed E-state index contributed by atoms with van der Waals surface area (Å²) >= 11 is 3.16. The Morgan fingerprint density at radius 1 is 0.750 bits per heavy atom. The van der Waals surface area contributed by atoms with Crippen molar-refractivity contribution in [2.45, 2.75) is 59.3 Å². The summed E-state index contributed by atoms with van der Waals surface area (Å²) in [5, 5.41) is 47.2. The average molecular weight is 523 g/mol. The lowest BCUT2D eigenvalue weighted by molar-refractivity contribution is -0.169. The second-order valence-electron chi connectivity index (χ2n) is 7.12. The zero-order chi connectivity index (χ0) is 24.6. The van der Waals surface area contributed by atoms with E-state index in [4.69, 9.17) is 30.3 Å². The van der Waals surface area contributed by atoms with Gasteiger partial charge in [0.1, 0.15) is 22.8 Å². The Morgan fingerprint density at radius 3 is 1.41 bits per heavy atom. The molecule has 4 N–H and O–H groups in total. The number of ether oxygens (including phenoxy) is 2. The highest BCUT2D eigenvalue weighted by Crippen LogP contribution is 2.24. The van der Waals surface area contributed by atoms with Crippen molar-refractivity contribution in [3.05, 3.63) is 0 Å². The summed E-state index contributed by atoms with van der Waals surface area (Å²) < 4.78 is 10.4. The topological polar surface area (TPSA) is 183 Å². The van der Waals surface area contributed by atoms with Crippen molar-refractivity contribution in [2.75, 3.05) is 18.5 Å². The first-order valence-electron chi connectivity index (χ1n) is 9.92. The molecule has 32 heavy (non-hydrogen) atoms. The van der Waals surface area contributed by atoms with Gasteiger partial charge in [-0.15, -0.1) is 0 Å². The number of oxime groups is 4. The zero-order valence-electron chi connectivity index (χ0n) is 18.5. The van der Waals surface area contributed by atoms with Crippen LogP contribution in [0.3, 0.4) is 0 Å². The summed E-state index contributed by atoms with van der Waals surface area (Å²) in [6, 6.07) is 0. The number of halogens is 1. The Kier molecular flexibility index (Phi) is 14.7. The molecule has 0 fully saturated rings. The number of nitrogens with zero attached hydrogens (tertiary/aromatic N) is 4. The molecule has 0 bridgehead atoms. The maximum atomic E-state index is 12.4. The van der Waals surface area contributed by atoms with E-state index in [2.05, 4.69) is 36.6 Å². The Morgan fingerprint density at radius 2 is 1.12 bits per heavy atom. The van der Waals surface area contributed by atoms with Crippen LogP contribution in [-0.2, 0) is 19.1 Å². The van der Waals surface area contributed by atoms with Crippen molar-refractivity contribution in [3.8, 4) is 0 Å². The van der Waals surface area contributed by atoms with E-state index in [1.165, 1.54) is 20.8 Å². The first kappa shape index (κ1) is 29.3. The van der Waals surface area contributed by atoms with Crippen LogP contribution in [0.4, 0.5) is 0 Å². The molecular formula is C19H31BrN4O8. The Bertz CT molecular complexity index is 681. The first-order valence-corrected chi connectivity index (χ1v) is 11.0. The van der Waals surface area contributed by atoms with E-state index < -0.39 is 17.4 Å². The van der Waals surface area contributed by atoms with Crippen molar-refractivity contribution in [1.82, 2.24) is 0 Å². The van der Waals surface area contributed by atoms with Gasteiger partial charge in [-0.1, -0.05) is 36.6 Å². The molecule has 0 amide bonds. The molecule has 0 aromatic rings. The van der Waals surface area contributed by atoms with Gasteiger partial charge in [-0.05, 0) is 59.3 Å². The number of esters is 2. The summed E-state index contributed by atoms with van der Waals surface area (Å²) in [6.45, 7) is 4.51. The molecule has 0 aliphatic heterocycles. The van der Waals surface area contributed by atoms with Crippen LogP contribution in [0.5, 0.6) is 0 Å². The van der Waals surface area contributed by atoms with Crippen LogP contribution < -0.4 is 0 Å². The van der Waals surface area contributed by atoms with E-state index in [0.717, 1.165) is 0 Å². The van der Waals surface area contributed by atoms with Gasteiger partial charge in [-0.3, -0.25) is 9.59 Å². The van der Waals surface area contributed by atoms with Crippen molar-refractivity contribution >= 4 is 50.7 Å². The van der Waals surface area contributed by atoms with Crippen molar-refractivity contribution in [3.63, 3.8) is 0 Å². The third kappa shape index (κ3) is 9.62. The molecule has 0 aliphatic rings. The third-order valence-corrected chi connectivity index (χ3v) is 5.75. The summed E-state index contributed by atoms with van der Waals surface area (Å²) in [5.41, 5.74) is -0.686. The van der Waals surface area contributed by atoms with Gasteiger partial charge in [0.15, 0.2) is 5.41 Å². The second kappa shape index (κ2) is 16.0. The average Bonchev–Trinajstić information content (AvgIpc) is 2.81. The Hall–Kier alpha value is -2.70. The van der Waals surface area contributed by atoms with Gasteiger partial charge in [0.05, 0.1) is 13.2 Å². The maximum Gasteiger partial charge on any atom is 0.324 e. The van der Waals surface area contributed by atoms with Crippen LogP contribution >= 0.6 is 15.9 Å². The number of carbonyl (C=O) groups excluding carboxylic acids is 2. The van der Waals surface area contributed by atoms with E-state index in [-0.39, 0.29) is 41.4 Å². The number of hydrogen-bond donors (Lipinski definition) is 4. The minimum atomic E-state index is -1.52. The van der Waals surface area contributed by atoms with Gasteiger partial charge >= 0.3 is 11.9 Å². The van der Waals surface area contributed by atoms with Crippen LogP contribution in [0.15, 0.2) is 20.6 Å². The summed E-state index contributed by atoms with van der Waals surface area (Å²) in [7, 11) is 0. The summed E-state index contributed by atoms with van der Waals surface area (Å²) in [6.07, 6.45) is 2.57. The molecule has 0 aromatic carbocycles. The normalized spacial score (nSPS) is 15.2. The molecule has 12 nitrogen and oxygen atoms in total. The highest BCUT2D eigenvalue weighted by atomic mass is 79.9. The quantitative estimate of drug-likeness (QED) is 0.0480. The zero-order valence-corrected chi connectivity index (χ0v) is 20.0. The maximum absolute atomic E-state index is 12.4. The SMILES string of the molecule is CC(=N\O)/C(CCCCOC(=O)C(C)(CBr)C(=O)OCCCCC(=N/O)/C(C)=N/O)=N\O. The highest BCUT2D eigenvalue weighted by Gasteiger charge is 2.43. The molecule has 0 atom stereocenters. The lowest BCUT2D eigenvalue weighted by atomic mass is 9.94. The molecule has 0 aliphatic carbocycles. The van der Waals surface area contributed by atoms with Crippen LogP contribution in [0, 0.1) is 5.41 Å². The number of carbonyl (C=O) groups is 2. The molecule has 182 valence electrons. The highest BCUT2D eigenvalue weighted by molar-refractivity contribution is 9.09. The van der Waals surface area contributed by atoms with Crippen molar-refractivity contribution in [2.24, 2.45) is 26.0 Å². The van der Waals surface area contributed by atoms with Crippen molar-refractivity contribution in [1.29, 1.82) is 0 Å². The van der Waals surface area contributed by atoms with Crippen LogP contribution in [0.1, 0.15) is 59.3 Å². The Balaban J connectivity index is 4.44. The lowest BCUT2D eigenvalue weighted by Crippen LogP contribution is -2.41. The first-order chi connectivity index (χ1) is 15.2. The monoisotopic (exact) mass is 522 g/mol. The fourth-order valence-corrected chi connectivity index (χ4v) is 2.81. The smallest absolute Gasteiger partial charge is 0.324 e. The minimum absolute atomic E-state index is 0.0125. The molecule has 0 rings (SSSR count). The van der Waals surface area contributed by atoms with E-state index in [1.807, 2.05) is 0 Å². The molecular weight excluding hydrogens is 492 g/mol. The van der Waals surface area contributed by atoms with Crippen LogP contribution in [0.2, 0.25) is 0 Å². The second-order valence-corrected chi connectivity index (χ2v) is 7.68. The van der Waals surface area contributed by atoms with E-state index >= 15 is 0 Å². The molecule has 0 saturated carbocycles. The molecule has 13 heteroatoms. The van der Waals surface area contributed by atoms with E-state index in [1.54, 1.807) is 0 Å². The predicted molar refractivity (Wildman–Crippen MR) is 120 cm³/mol. The van der Waals surface area contributed by atoms with Crippen molar-refractivity contribution < 1.29 is 39.9 Å². The number of unbranched alkanes of at least 4 members (excludes halogenated alkanes) is 2. The summed E-state index contributed by atoms with van der Waals surface area (Å²) in [4.78, 5) is 24.8. The fourth-order valence-electron chi connectivity index (χ4n) is 2.35. The number of alkyl halides is 1. The molecule has 0 saturated heterocycles. The van der Waals surface area contributed by atoms with Gasteiger partial charge in [-0.2, -0.15) is 0 Å². The summed E-state index contributed by atoms with van der Waals surface area (Å²) in [5.74, 6) is -1.46. The minimum Gasteiger partial charge on any atom is -0.465 e. The number of rotatable bonds is 15. The van der Waals surface area contributed by atoms with E-state index in [0.29, 0.717) is 38.5 Å². The van der Waals surface area contributed by atoms with Gasteiger partial charge in [0.2, 0.25) is 0 Å². The molecule has 0 unspecified atom stereocenters. The molecule has 0 aromatic heterocycles. The third-order valence-electron chi connectivity index (χ3n) is 4.63. The van der Waals surface area contributed by atoms with Gasteiger partial charge in [-0.25, -0.2) is 0 Å². The van der Waals surface area contributed by atoms with Gasteiger partial charge in [0, 0.05) is 5.33 Å². The molecule has 0 spiro atoms. The van der Waals surface area contributed by atoms with Crippen LogP contribution in [-0.4, -0.2) is 74.2 Å². The standard InChI is InChI=1S/C19H31BrN4O8/c1-13(21-27)15(23-29)8-4-6-10-31-17(25)19(3,12-20)18(26)32-11-7-5-9-16(24-30)14(2)22-28/h27-30H,4-12H2,1-3H3/b21-13+,22-14+,23-15-,24-16-. The van der Waals surface area contributed by atoms with Gasteiger partial charge in [0.25, 0.3) is 0 Å². The molecule has 0 radical (unpaired) electrons. The fraction of sp³-hybridized carbons (Fsp3) is 0.684. The molecule has 0 heterocycles. The number of hydrogen-bond acceptors (Lipinski definition) is 12. The predicted octanol–water partition coefficient (Wildman–Crippen LogP) is 3.18.